The number of thioether (sulfide) groups is 1. The van der Waals surface area contributed by atoms with Crippen molar-refractivity contribution in [2.75, 3.05) is 55.7 Å². The summed E-state index contributed by atoms with van der Waals surface area (Å²) in [7, 11) is -10.8. The summed E-state index contributed by atoms with van der Waals surface area (Å²) in [5.41, 5.74) is -1.53. The van der Waals surface area contributed by atoms with E-state index in [9.17, 15) is 34.8 Å². The first-order valence-corrected chi connectivity index (χ1v) is 23.7. The maximum Gasteiger partial charge on any atom is 0.501 e. The molecule has 0 aromatic heterocycles. The Morgan fingerprint density at radius 3 is 2.24 bits per heavy atom. The molecule has 17 heteroatoms. The summed E-state index contributed by atoms with van der Waals surface area (Å²) in [5.74, 6) is -0.641. The summed E-state index contributed by atoms with van der Waals surface area (Å²) in [6.07, 6.45) is 5.89. The minimum Gasteiger partial charge on any atom is -0.384 e. The molecule has 4 aromatic carbocycles. The average molecular weight is 891 g/mol. The van der Waals surface area contributed by atoms with Gasteiger partial charge < -0.3 is 20.9 Å². The molecule has 2 aliphatic rings. The van der Waals surface area contributed by atoms with Crippen LogP contribution in [0.4, 0.5) is 24.5 Å². The van der Waals surface area contributed by atoms with Crippen molar-refractivity contribution in [3.63, 3.8) is 0 Å². The highest BCUT2D eigenvalue weighted by Gasteiger charge is 2.48. The van der Waals surface area contributed by atoms with Gasteiger partial charge in [0.05, 0.1) is 10.6 Å². The van der Waals surface area contributed by atoms with Crippen molar-refractivity contribution in [1.29, 1.82) is 0 Å². The van der Waals surface area contributed by atoms with Gasteiger partial charge in [0.15, 0.2) is 0 Å². The third-order valence-corrected chi connectivity index (χ3v) is 14.6. The molecule has 1 saturated heterocycles. The Labute approximate surface area is 353 Å². The van der Waals surface area contributed by atoms with E-state index in [2.05, 4.69) is 33.0 Å². The van der Waals surface area contributed by atoms with Gasteiger partial charge in [-0.3, -0.25) is 4.79 Å². The number of benzene rings is 4. The largest absolute Gasteiger partial charge is 0.501 e. The lowest BCUT2D eigenvalue weighted by Crippen LogP contribution is -2.40. The van der Waals surface area contributed by atoms with Crippen LogP contribution in [-0.4, -0.2) is 84.2 Å². The molecule has 1 atom stereocenters. The van der Waals surface area contributed by atoms with Crippen LogP contribution in [0.3, 0.4) is 0 Å². The highest BCUT2D eigenvalue weighted by Crippen LogP contribution is 2.37. The van der Waals surface area contributed by atoms with Crippen LogP contribution in [0.1, 0.15) is 54.4 Å². The zero-order valence-corrected chi connectivity index (χ0v) is 35.4. The number of amides is 1. The molecule has 316 valence electrons. The second kappa shape index (κ2) is 20.0. The van der Waals surface area contributed by atoms with Crippen LogP contribution in [0, 0.1) is 0 Å². The monoisotopic (exact) mass is 889 g/mol. The van der Waals surface area contributed by atoms with E-state index in [-0.39, 0.29) is 11.3 Å². The van der Waals surface area contributed by atoms with Crippen molar-refractivity contribution in [3.8, 4) is 0 Å². The molecule has 1 fully saturated rings. The van der Waals surface area contributed by atoms with E-state index in [1.165, 1.54) is 40.6 Å². The zero-order chi connectivity index (χ0) is 42.0. The number of hydrogen-bond donors (Lipinski definition) is 4. The van der Waals surface area contributed by atoms with E-state index < -0.39 is 47.1 Å². The van der Waals surface area contributed by atoms with Crippen molar-refractivity contribution in [3.05, 3.63) is 119 Å². The Morgan fingerprint density at radius 1 is 0.847 bits per heavy atom. The lowest BCUT2D eigenvalue weighted by atomic mass is 9.87. The number of likely N-dealkylation sites (tertiary alicyclic amines) is 1. The van der Waals surface area contributed by atoms with Crippen molar-refractivity contribution in [2.45, 2.75) is 64.8 Å². The Balaban J connectivity index is 1.08. The number of carbonyl (C=O) groups is 1. The number of anilines is 2. The van der Waals surface area contributed by atoms with Crippen LogP contribution < -0.4 is 20.7 Å². The lowest BCUT2D eigenvalue weighted by molar-refractivity contribution is -0.0435. The number of hydrogen-bond acceptors (Lipinski definition) is 10. The van der Waals surface area contributed by atoms with Gasteiger partial charge in [0.1, 0.15) is 4.90 Å². The average Bonchev–Trinajstić information content (AvgIpc) is 3.19. The molecular weight excluding hydrogens is 843 g/mol. The molecule has 4 aromatic rings. The predicted molar refractivity (Wildman–Crippen MR) is 229 cm³/mol. The van der Waals surface area contributed by atoms with Gasteiger partial charge in [0.2, 0.25) is 0 Å². The summed E-state index contributed by atoms with van der Waals surface area (Å²) < 4.78 is 96.5. The van der Waals surface area contributed by atoms with Crippen LogP contribution in [0.15, 0.2) is 117 Å². The van der Waals surface area contributed by atoms with Crippen LogP contribution in [-0.2, 0) is 19.9 Å². The number of alkyl halides is 3. The molecule has 0 unspecified atom stereocenters. The van der Waals surface area contributed by atoms with E-state index in [1.807, 2.05) is 47.2 Å². The van der Waals surface area contributed by atoms with Gasteiger partial charge in [-0.1, -0.05) is 47.5 Å². The minimum absolute atomic E-state index is 0.0291. The topological polar surface area (TPSA) is 137 Å². The highest BCUT2D eigenvalue weighted by molar-refractivity contribution is 7.99. The van der Waals surface area contributed by atoms with E-state index in [0.717, 1.165) is 68.8 Å². The van der Waals surface area contributed by atoms with E-state index in [1.54, 1.807) is 12.1 Å². The maximum absolute atomic E-state index is 14.0. The summed E-state index contributed by atoms with van der Waals surface area (Å²) >= 11 is 7.54. The fraction of sp³-hybridized carbons (Fsp3) is 0.357. The number of allylic oxidation sites excluding steroid dienone is 1. The quantitative estimate of drug-likeness (QED) is 0.0537. The second-order valence-corrected chi connectivity index (χ2v) is 19.6. The summed E-state index contributed by atoms with van der Waals surface area (Å²) in [5, 5.41) is 10.4. The molecule has 6 rings (SSSR count). The van der Waals surface area contributed by atoms with Crippen LogP contribution in [0.5, 0.6) is 0 Å². The number of carbonyl (C=O) groups excluding carboxylic acids is 1. The number of sulfonamides is 1. The van der Waals surface area contributed by atoms with Gasteiger partial charge >= 0.3 is 5.51 Å². The molecule has 10 nitrogen and oxygen atoms in total. The normalized spacial score (nSPS) is 15.7. The highest BCUT2D eigenvalue weighted by atomic mass is 35.5. The standard InChI is InChI=1S/C42H47ClF3N5O5S3/c43-33-15-11-30(12-16-33)38-10-5-4-7-32(38)28-47-22-23-48-34-17-13-31(14-18-34)41(52)50-59(55,56)37-19-20-39(40(27-37)58(53,54)42(44,45)46)49-35(21-26-51-24-6-25-51)29-57-36-8-2-1-3-9-36/h1-3,8-9,11-20,27,35,47-49H,4-7,10,21-26,28-29H2,(H,50,52)/t35-/m1/s1. The van der Waals surface area contributed by atoms with Crippen molar-refractivity contribution < 1.29 is 34.8 Å². The minimum atomic E-state index is -6.02. The van der Waals surface area contributed by atoms with E-state index in [4.69, 9.17) is 11.6 Å². The first-order valence-electron chi connectivity index (χ1n) is 19.4. The molecule has 0 saturated carbocycles. The van der Waals surface area contributed by atoms with Crippen molar-refractivity contribution >= 4 is 66.1 Å². The van der Waals surface area contributed by atoms with Crippen molar-refractivity contribution in [1.82, 2.24) is 14.9 Å². The smallest absolute Gasteiger partial charge is 0.384 e. The van der Waals surface area contributed by atoms with Gasteiger partial charge in [-0.25, -0.2) is 21.6 Å². The maximum atomic E-state index is 14.0. The molecule has 0 radical (unpaired) electrons. The SMILES string of the molecule is O=C(NS(=O)(=O)c1ccc(N[C@H](CCN2CCC2)CSc2ccccc2)c(S(=O)(=O)C(F)(F)F)c1)c1ccc(NCCNCC2=C(c3ccc(Cl)cc3)CCCC2)cc1. The Hall–Kier alpha value is -4.06. The van der Waals surface area contributed by atoms with E-state index >= 15 is 0 Å². The number of rotatable bonds is 19. The summed E-state index contributed by atoms with van der Waals surface area (Å²) in [6.45, 7) is 4.43. The van der Waals surface area contributed by atoms with Crippen LogP contribution in [0.25, 0.3) is 5.57 Å². The third kappa shape index (κ3) is 12.0. The molecule has 4 N–H and O–H groups in total. The first kappa shape index (κ1) is 44.5. The molecule has 1 aliphatic carbocycles. The van der Waals surface area contributed by atoms with Gasteiger partial charge in [-0.2, -0.15) is 13.2 Å². The molecule has 1 amide bonds. The number of nitrogens with one attached hydrogen (secondary N) is 4. The van der Waals surface area contributed by atoms with Crippen LogP contribution in [0.2, 0.25) is 5.02 Å². The number of halogens is 4. The Morgan fingerprint density at radius 2 is 1.56 bits per heavy atom. The van der Waals surface area contributed by atoms with Gasteiger partial charge in [0.25, 0.3) is 25.8 Å². The molecular formula is C42H47ClF3N5O5S3. The number of nitrogens with zero attached hydrogens (tertiary/aromatic N) is 1. The zero-order valence-electron chi connectivity index (χ0n) is 32.2. The number of sulfone groups is 1. The predicted octanol–water partition coefficient (Wildman–Crippen LogP) is 8.45. The molecule has 0 bridgehead atoms. The molecule has 1 aliphatic heterocycles. The Bertz CT molecular complexity index is 2310. The van der Waals surface area contributed by atoms with Gasteiger partial charge in [-0.05, 0) is 129 Å². The fourth-order valence-electron chi connectivity index (χ4n) is 6.89. The second-order valence-electron chi connectivity index (χ2n) is 14.5. The third-order valence-electron chi connectivity index (χ3n) is 10.3. The van der Waals surface area contributed by atoms with Crippen LogP contribution >= 0.6 is 23.4 Å². The first-order chi connectivity index (χ1) is 28.2. The molecule has 1 heterocycles. The van der Waals surface area contributed by atoms with E-state index in [0.29, 0.717) is 48.6 Å². The van der Waals surface area contributed by atoms with Crippen molar-refractivity contribution in [2.24, 2.45) is 0 Å². The summed E-state index contributed by atoms with van der Waals surface area (Å²) in [6, 6.07) is 25.3. The molecule has 59 heavy (non-hydrogen) atoms. The van der Waals surface area contributed by atoms with Gasteiger partial charge in [0, 0.05) is 59.1 Å². The van der Waals surface area contributed by atoms with Gasteiger partial charge in [-0.15, -0.1) is 11.8 Å². The summed E-state index contributed by atoms with van der Waals surface area (Å²) in [4.78, 5) is 14.1. The molecule has 0 spiro atoms. The Kier molecular flexibility index (Phi) is 15.1. The fourth-order valence-corrected chi connectivity index (χ4v) is 10.0. The lowest BCUT2D eigenvalue weighted by Gasteiger charge is -2.32.